The first-order valence-corrected chi connectivity index (χ1v) is 6.69. The van der Waals surface area contributed by atoms with Crippen LogP contribution in [0.25, 0.3) is 11.1 Å². The van der Waals surface area contributed by atoms with Crippen LogP contribution in [0.1, 0.15) is 15.9 Å². The van der Waals surface area contributed by atoms with E-state index in [1.807, 2.05) is 30.3 Å². The van der Waals surface area contributed by atoms with Crippen molar-refractivity contribution in [3.63, 3.8) is 0 Å². The number of benzene rings is 1. The fourth-order valence-electron chi connectivity index (χ4n) is 2.56. The Morgan fingerprint density at radius 2 is 1.95 bits per heavy atom. The molecule has 106 valence electrons. The average Bonchev–Trinajstić information content (AvgIpc) is 2.50. The molecule has 0 radical (unpaired) electrons. The maximum atomic E-state index is 12.4. The van der Waals surface area contributed by atoms with Crippen LogP contribution in [0.15, 0.2) is 42.7 Å². The van der Waals surface area contributed by atoms with Crippen LogP contribution in [0.3, 0.4) is 0 Å². The number of aliphatic carboxylic acids is 1. The molecule has 1 aliphatic rings. The molecule has 5 nitrogen and oxygen atoms in total. The lowest BCUT2D eigenvalue weighted by Gasteiger charge is -2.27. The normalized spacial score (nSPS) is 13.9. The van der Waals surface area contributed by atoms with Gasteiger partial charge < -0.3 is 10.0 Å². The molecule has 3 rings (SSSR count). The molecule has 1 aromatic heterocycles. The third-order valence-electron chi connectivity index (χ3n) is 3.62. The van der Waals surface area contributed by atoms with Crippen molar-refractivity contribution in [2.45, 2.75) is 6.42 Å². The Labute approximate surface area is 121 Å². The van der Waals surface area contributed by atoms with Crippen LogP contribution in [0.2, 0.25) is 0 Å². The molecular weight excluding hydrogens is 268 g/mol. The van der Waals surface area contributed by atoms with Gasteiger partial charge in [-0.05, 0) is 41.3 Å². The van der Waals surface area contributed by atoms with Crippen LogP contribution in [0.4, 0.5) is 0 Å². The summed E-state index contributed by atoms with van der Waals surface area (Å²) < 4.78 is 0. The summed E-state index contributed by atoms with van der Waals surface area (Å²) in [6.07, 6.45) is 4.09. The summed E-state index contributed by atoms with van der Waals surface area (Å²) in [6, 6.07) is 9.52. The summed E-state index contributed by atoms with van der Waals surface area (Å²) in [5, 5.41) is 8.86. The lowest BCUT2D eigenvalue weighted by molar-refractivity contribution is -0.137. The largest absolute Gasteiger partial charge is 0.480 e. The molecule has 0 bridgehead atoms. The quantitative estimate of drug-likeness (QED) is 0.932. The molecule has 1 amide bonds. The highest BCUT2D eigenvalue weighted by atomic mass is 16.4. The highest BCUT2D eigenvalue weighted by molar-refractivity contribution is 5.99. The monoisotopic (exact) mass is 282 g/mol. The Morgan fingerprint density at radius 3 is 2.67 bits per heavy atom. The molecule has 1 aliphatic heterocycles. The van der Waals surface area contributed by atoms with Gasteiger partial charge in [0.05, 0.1) is 0 Å². The van der Waals surface area contributed by atoms with E-state index < -0.39 is 5.97 Å². The van der Waals surface area contributed by atoms with Crippen molar-refractivity contribution >= 4 is 11.9 Å². The topological polar surface area (TPSA) is 70.5 Å². The number of carbonyl (C=O) groups is 2. The minimum atomic E-state index is -0.989. The van der Waals surface area contributed by atoms with Gasteiger partial charge in [-0.3, -0.25) is 14.6 Å². The third-order valence-corrected chi connectivity index (χ3v) is 3.62. The number of aromatic nitrogens is 1. The Morgan fingerprint density at radius 1 is 1.19 bits per heavy atom. The van der Waals surface area contributed by atoms with Crippen molar-refractivity contribution in [1.82, 2.24) is 9.88 Å². The van der Waals surface area contributed by atoms with Gasteiger partial charge in [0.1, 0.15) is 6.54 Å². The van der Waals surface area contributed by atoms with Gasteiger partial charge >= 0.3 is 5.97 Å². The summed E-state index contributed by atoms with van der Waals surface area (Å²) >= 11 is 0. The number of hydrogen-bond acceptors (Lipinski definition) is 3. The van der Waals surface area contributed by atoms with E-state index in [0.717, 1.165) is 16.7 Å². The predicted octanol–water partition coefficient (Wildman–Crippen LogP) is 1.83. The van der Waals surface area contributed by atoms with Crippen molar-refractivity contribution in [3.8, 4) is 11.1 Å². The SMILES string of the molecule is O=C(O)CN1CCc2ccc(-c3ccncc3)cc2C1=O. The Kier molecular flexibility index (Phi) is 3.39. The maximum Gasteiger partial charge on any atom is 0.323 e. The van der Waals surface area contributed by atoms with E-state index in [1.165, 1.54) is 4.90 Å². The van der Waals surface area contributed by atoms with Gasteiger partial charge in [0.2, 0.25) is 0 Å². The summed E-state index contributed by atoms with van der Waals surface area (Å²) in [5.74, 6) is -1.20. The van der Waals surface area contributed by atoms with Crippen molar-refractivity contribution in [1.29, 1.82) is 0 Å². The fraction of sp³-hybridized carbons (Fsp3) is 0.188. The number of carboxylic acid groups (broad SMARTS) is 1. The van der Waals surface area contributed by atoms with Crippen LogP contribution in [0.5, 0.6) is 0 Å². The second kappa shape index (κ2) is 5.36. The molecule has 0 saturated heterocycles. The van der Waals surface area contributed by atoms with Gasteiger partial charge in [-0.25, -0.2) is 0 Å². The third kappa shape index (κ3) is 2.63. The summed E-state index contributed by atoms with van der Waals surface area (Å²) in [4.78, 5) is 28.6. The zero-order valence-electron chi connectivity index (χ0n) is 11.3. The van der Waals surface area contributed by atoms with Gasteiger partial charge in [-0.1, -0.05) is 12.1 Å². The Bertz CT molecular complexity index is 698. The summed E-state index contributed by atoms with van der Waals surface area (Å²) in [7, 11) is 0. The Hall–Kier alpha value is -2.69. The smallest absolute Gasteiger partial charge is 0.323 e. The minimum Gasteiger partial charge on any atom is -0.480 e. The van der Waals surface area contributed by atoms with Crippen molar-refractivity contribution in [2.75, 3.05) is 13.1 Å². The van der Waals surface area contributed by atoms with Gasteiger partial charge in [0.25, 0.3) is 5.91 Å². The van der Waals surface area contributed by atoms with Crippen molar-refractivity contribution < 1.29 is 14.7 Å². The number of amides is 1. The maximum absolute atomic E-state index is 12.4. The first-order chi connectivity index (χ1) is 10.1. The highest BCUT2D eigenvalue weighted by Crippen LogP contribution is 2.26. The number of fused-ring (bicyclic) bond motifs is 1. The number of nitrogens with zero attached hydrogens (tertiary/aromatic N) is 2. The molecule has 1 aromatic carbocycles. The summed E-state index contributed by atoms with van der Waals surface area (Å²) in [6.45, 7) is 0.199. The Balaban J connectivity index is 1.96. The zero-order valence-corrected chi connectivity index (χ0v) is 11.3. The minimum absolute atomic E-state index is 0.213. The lowest BCUT2D eigenvalue weighted by Crippen LogP contribution is -2.40. The molecular formula is C16H14N2O3. The van der Waals surface area contributed by atoms with E-state index in [4.69, 9.17) is 5.11 Å². The molecule has 1 N–H and O–H groups in total. The average molecular weight is 282 g/mol. The molecule has 21 heavy (non-hydrogen) atoms. The zero-order chi connectivity index (χ0) is 14.8. The van der Waals surface area contributed by atoms with Gasteiger partial charge in [-0.2, -0.15) is 0 Å². The number of pyridine rings is 1. The van der Waals surface area contributed by atoms with E-state index >= 15 is 0 Å². The second-order valence-electron chi connectivity index (χ2n) is 4.98. The van der Waals surface area contributed by atoms with Crippen molar-refractivity contribution in [2.24, 2.45) is 0 Å². The van der Waals surface area contributed by atoms with Gasteiger partial charge in [0.15, 0.2) is 0 Å². The molecule has 0 aliphatic carbocycles. The molecule has 0 spiro atoms. The van der Waals surface area contributed by atoms with Crippen LogP contribution in [-0.2, 0) is 11.2 Å². The predicted molar refractivity (Wildman–Crippen MR) is 76.9 cm³/mol. The van der Waals surface area contributed by atoms with E-state index in [9.17, 15) is 9.59 Å². The van der Waals surface area contributed by atoms with E-state index in [-0.39, 0.29) is 12.5 Å². The number of carboxylic acids is 1. The molecule has 0 atom stereocenters. The molecule has 0 saturated carbocycles. The first kappa shape index (κ1) is 13.3. The lowest BCUT2D eigenvalue weighted by atomic mass is 9.94. The highest BCUT2D eigenvalue weighted by Gasteiger charge is 2.25. The van der Waals surface area contributed by atoms with Crippen LogP contribution in [-0.4, -0.2) is 40.0 Å². The number of hydrogen-bond donors (Lipinski definition) is 1. The molecule has 2 aromatic rings. The molecule has 0 unspecified atom stereocenters. The fourth-order valence-corrected chi connectivity index (χ4v) is 2.56. The number of carbonyl (C=O) groups excluding carboxylic acids is 1. The van der Waals surface area contributed by atoms with Crippen LogP contribution < -0.4 is 0 Å². The van der Waals surface area contributed by atoms with Crippen LogP contribution >= 0.6 is 0 Å². The van der Waals surface area contributed by atoms with Gasteiger partial charge in [-0.15, -0.1) is 0 Å². The summed E-state index contributed by atoms with van der Waals surface area (Å²) in [5.41, 5.74) is 3.48. The molecule has 0 fully saturated rings. The molecule has 5 heteroatoms. The van der Waals surface area contributed by atoms with E-state index in [1.54, 1.807) is 12.4 Å². The van der Waals surface area contributed by atoms with E-state index in [2.05, 4.69) is 4.98 Å². The van der Waals surface area contributed by atoms with Crippen molar-refractivity contribution in [3.05, 3.63) is 53.9 Å². The second-order valence-corrected chi connectivity index (χ2v) is 4.98. The molecule has 2 heterocycles. The number of rotatable bonds is 3. The van der Waals surface area contributed by atoms with E-state index in [0.29, 0.717) is 18.5 Å². The van der Waals surface area contributed by atoms with Gasteiger partial charge in [0, 0.05) is 24.5 Å². The first-order valence-electron chi connectivity index (χ1n) is 6.69. The van der Waals surface area contributed by atoms with Crippen LogP contribution in [0, 0.1) is 0 Å². The standard InChI is InChI=1S/C16H14N2O3/c19-15(20)10-18-8-5-12-1-2-13(9-14(12)16(18)21)11-3-6-17-7-4-11/h1-4,6-7,9H,5,8,10H2,(H,19,20).